The Morgan fingerprint density at radius 2 is 1.83 bits per heavy atom. The molecule has 0 bridgehead atoms. The van der Waals surface area contributed by atoms with Crippen LogP contribution >= 0.6 is 0 Å². The van der Waals surface area contributed by atoms with Crippen molar-refractivity contribution >= 4 is 5.82 Å². The first-order valence-corrected chi connectivity index (χ1v) is 7.76. The first kappa shape index (κ1) is 16.4. The standard InChI is InChI=1S/C16H18F2N4O2/c17-12-3-2-11(13(18)8-12)10-21-4-1-5-22(7-6-21)14-9-15(23)20-16(24)19-14/h2-3,8-9H,1,4-7,10H2,(H2,19,20,23,24). The molecular weight excluding hydrogens is 318 g/mol. The molecule has 8 heteroatoms. The summed E-state index contributed by atoms with van der Waals surface area (Å²) in [7, 11) is 0. The molecule has 2 N–H and O–H groups in total. The molecule has 1 aromatic heterocycles. The van der Waals surface area contributed by atoms with Gasteiger partial charge in [-0.05, 0) is 12.5 Å². The zero-order valence-electron chi connectivity index (χ0n) is 13.0. The number of nitrogens with zero attached hydrogens (tertiary/aromatic N) is 2. The predicted molar refractivity (Wildman–Crippen MR) is 86.1 cm³/mol. The third-order valence-electron chi connectivity index (χ3n) is 4.08. The van der Waals surface area contributed by atoms with E-state index in [0.29, 0.717) is 37.6 Å². The fraction of sp³-hybridized carbons (Fsp3) is 0.375. The average molecular weight is 336 g/mol. The van der Waals surface area contributed by atoms with Crippen LogP contribution in [0.4, 0.5) is 14.6 Å². The van der Waals surface area contributed by atoms with Crippen LogP contribution in [0.5, 0.6) is 0 Å². The van der Waals surface area contributed by atoms with Gasteiger partial charge in [0.25, 0.3) is 5.56 Å². The zero-order chi connectivity index (χ0) is 17.1. The van der Waals surface area contributed by atoms with Gasteiger partial charge in [0.1, 0.15) is 17.5 Å². The SMILES string of the molecule is O=c1cc(N2CCCN(Cc3ccc(F)cc3F)CC2)[nH]c(=O)[nH]1. The summed E-state index contributed by atoms with van der Waals surface area (Å²) in [6.07, 6.45) is 0.803. The van der Waals surface area contributed by atoms with Crippen molar-refractivity contribution in [3.8, 4) is 0 Å². The van der Waals surface area contributed by atoms with Crippen molar-refractivity contribution in [3.63, 3.8) is 0 Å². The zero-order valence-corrected chi connectivity index (χ0v) is 13.0. The van der Waals surface area contributed by atoms with Crippen LogP contribution in [0.1, 0.15) is 12.0 Å². The van der Waals surface area contributed by atoms with Gasteiger partial charge in [0.15, 0.2) is 0 Å². The summed E-state index contributed by atoms with van der Waals surface area (Å²) in [6, 6.07) is 4.96. The predicted octanol–water partition coefficient (Wildman–Crippen LogP) is 1.05. The molecule has 0 aliphatic carbocycles. The van der Waals surface area contributed by atoms with Gasteiger partial charge in [0.2, 0.25) is 0 Å². The van der Waals surface area contributed by atoms with E-state index in [0.717, 1.165) is 19.0 Å². The normalized spacial score (nSPS) is 16.2. The summed E-state index contributed by atoms with van der Waals surface area (Å²) >= 11 is 0. The highest BCUT2D eigenvalue weighted by atomic mass is 19.1. The highest BCUT2D eigenvalue weighted by molar-refractivity contribution is 5.36. The van der Waals surface area contributed by atoms with Crippen LogP contribution in [0.25, 0.3) is 0 Å². The highest BCUT2D eigenvalue weighted by Crippen LogP contribution is 2.15. The highest BCUT2D eigenvalue weighted by Gasteiger charge is 2.17. The van der Waals surface area contributed by atoms with Gasteiger partial charge in [-0.3, -0.25) is 19.7 Å². The lowest BCUT2D eigenvalue weighted by Gasteiger charge is -2.23. The summed E-state index contributed by atoms with van der Waals surface area (Å²) in [6.45, 7) is 3.07. The van der Waals surface area contributed by atoms with E-state index < -0.39 is 22.9 Å². The van der Waals surface area contributed by atoms with Gasteiger partial charge in [0.05, 0.1) is 0 Å². The number of hydrogen-bond donors (Lipinski definition) is 2. The Labute approximate surface area is 136 Å². The van der Waals surface area contributed by atoms with E-state index in [9.17, 15) is 18.4 Å². The van der Waals surface area contributed by atoms with Crippen LogP contribution in [0.15, 0.2) is 33.9 Å². The van der Waals surface area contributed by atoms with E-state index in [1.54, 1.807) is 0 Å². The van der Waals surface area contributed by atoms with E-state index in [1.165, 1.54) is 18.2 Å². The number of halogens is 2. The lowest BCUT2D eigenvalue weighted by Crippen LogP contribution is -2.34. The summed E-state index contributed by atoms with van der Waals surface area (Å²) < 4.78 is 26.8. The third-order valence-corrected chi connectivity index (χ3v) is 4.08. The summed E-state index contributed by atoms with van der Waals surface area (Å²) in [5, 5.41) is 0. The Balaban J connectivity index is 1.68. The Kier molecular flexibility index (Phi) is 4.75. The number of hydrogen-bond acceptors (Lipinski definition) is 4. The van der Waals surface area contributed by atoms with Crippen LogP contribution in [0.2, 0.25) is 0 Å². The van der Waals surface area contributed by atoms with Crippen molar-refractivity contribution in [1.29, 1.82) is 0 Å². The first-order valence-electron chi connectivity index (χ1n) is 7.76. The second-order valence-electron chi connectivity index (χ2n) is 5.83. The molecule has 0 spiro atoms. The van der Waals surface area contributed by atoms with Gasteiger partial charge in [-0.15, -0.1) is 0 Å². The minimum atomic E-state index is -0.587. The molecule has 3 rings (SSSR count). The molecule has 1 fully saturated rings. The van der Waals surface area contributed by atoms with Gasteiger partial charge in [0, 0.05) is 50.4 Å². The molecule has 0 amide bonds. The van der Waals surface area contributed by atoms with Crippen molar-refractivity contribution in [2.45, 2.75) is 13.0 Å². The minimum Gasteiger partial charge on any atom is -0.357 e. The molecule has 2 aromatic rings. The van der Waals surface area contributed by atoms with Crippen LogP contribution in [-0.4, -0.2) is 41.0 Å². The first-order chi connectivity index (χ1) is 11.5. The van der Waals surface area contributed by atoms with E-state index in [-0.39, 0.29) is 0 Å². The van der Waals surface area contributed by atoms with Crippen molar-refractivity contribution < 1.29 is 8.78 Å². The van der Waals surface area contributed by atoms with Crippen LogP contribution in [0, 0.1) is 11.6 Å². The van der Waals surface area contributed by atoms with Crippen LogP contribution in [-0.2, 0) is 6.54 Å². The van der Waals surface area contributed by atoms with Crippen molar-refractivity contribution in [2.75, 3.05) is 31.1 Å². The van der Waals surface area contributed by atoms with E-state index in [4.69, 9.17) is 0 Å². The van der Waals surface area contributed by atoms with E-state index in [1.807, 2.05) is 4.90 Å². The number of benzene rings is 1. The third kappa shape index (κ3) is 3.88. The molecule has 128 valence electrons. The molecule has 6 nitrogen and oxygen atoms in total. The quantitative estimate of drug-likeness (QED) is 0.879. The van der Waals surface area contributed by atoms with E-state index >= 15 is 0 Å². The number of rotatable bonds is 3. The van der Waals surface area contributed by atoms with E-state index in [2.05, 4.69) is 14.9 Å². The average Bonchev–Trinajstić information content (AvgIpc) is 2.75. The largest absolute Gasteiger partial charge is 0.357 e. The number of aromatic nitrogens is 2. The molecule has 0 saturated carbocycles. The smallest absolute Gasteiger partial charge is 0.327 e. The molecule has 1 aliphatic rings. The molecule has 1 aromatic carbocycles. The Morgan fingerprint density at radius 1 is 1.00 bits per heavy atom. The number of nitrogens with one attached hydrogen (secondary N) is 2. The van der Waals surface area contributed by atoms with Crippen LogP contribution in [0.3, 0.4) is 0 Å². The number of H-pyrrole nitrogens is 2. The Bertz CT molecular complexity index is 805. The lowest BCUT2D eigenvalue weighted by atomic mass is 10.2. The topological polar surface area (TPSA) is 72.2 Å². The summed E-state index contributed by atoms with van der Waals surface area (Å²) in [4.78, 5) is 31.6. The van der Waals surface area contributed by atoms with Gasteiger partial charge in [-0.25, -0.2) is 13.6 Å². The second kappa shape index (κ2) is 6.96. The van der Waals surface area contributed by atoms with Gasteiger partial charge >= 0.3 is 5.69 Å². The van der Waals surface area contributed by atoms with Crippen LogP contribution < -0.4 is 16.1 Å². The second-order valence-corrected chi connectivity index (χ2v) is 5.83. The van der Waals surface area contributed by atoms with Crippen molar-refractivity contribution in [1.82, 2.24) is 14.9 Å². The maximum Gasteiger partial charge on any atom is 0.327 e. The van der Waals surface area contributed by atoms with Crippen molar-refractivity contribution in [3.05, 3.63) is 62.3 Å². The van der Waals surface area contributed by atoms with Crippen molar-refractivity contribution in [2.24, 2.45) is 0 Å². The maximum absolute atomic E-state index is 13.8. The van der Waals surface area contributed by atoms with Gasteiger partial charge in [-0.1, -0.05) is 6.07 Å². The molecular formula is C16H18F2N4O2. The van der Waals surface area contributed by atoms with Gasteiger partial charge in [-0.2, -0.15) is 0 Å². The molecule has 2 heterocycles. The Morgan fingerprint density at radius 3 is 2.58 bits per heavy atom. The molecule has 0 atom stereocenters. The maximum atomic E-state index is 13.8. The fourth-order valence-electron chi connectivity index (χ4n) is 2.89. The monoisotopic (exact) mass is 336 g/mol. The molecule has 24 heavy (non-hydrogen) atoms. The molecule has 0 radical (unpaired) electrons. The lowest BCUT2D eigenvalue weighted by molar-refractivity contribution is 0.281. The minimum absolute atomic E-state index is 0.395. The van der Waals surface area contributed by atoms with Gasteiger partial charge < -0.3 is 4.90 Å². The molecule has 1 saturated heterocycles. The number of anilines is 1. The molecule has 0 unspecified atom stereocenters. The summed E-state index contributed by atoms with van der Waals surface area (Å²) in [5.74, 6) is -0.648. The summed E-state index contributed by atoms with van der Waals surface area (Å²) in [5.41, 5.74) is -0.523. The molecule has 1 aliphatic heterocycles. The number of aromatic amines is 2. The Hall–Kier alpha value is -2.48. The fourth-order valence-corrected chi connectivity index (χ4v) is 2.89.